The number of likely N-dealkylation sites (tertiary alicyclic amines) is 1. The fourth-order valence-electron chi connectivity index (χ4n) is 12.8. The number of pyridine rings is 1. The summed E-state index contributed by atoms with van der Waals surface area (Å²) in [6, 6.07) is 22.5. The van der Waals surface area contributed by atoms with E-state index in [2.05, 4.69) is 68.8 Å². The van der Waals surface area contributed by atoms with Crippen molar-refractivity contribution in [3.63, 3.8) is 0 Å². The Bertz CT molecular complexity index is 4300. The molecule has 1 aliphatic rings. The van der Waals surface area contributed by atoms with Crippen molar-refractivity contribution in [2.75, 3.05) is 36.6 Å². The molecular formula is C80H102ClN15O15S. The van der Waals surface area contributed by atoms with Gasteiger partial charge < -0.3 is 79.5 Å². The molecule has 0 bridgehead atoms. The molecule has 7 rings (SSSR count). The highest BCUT2D eigenvalue weighted by atomic mass is 35.5. The van der Waals surface area contributed by atoms with Crippen LogP contribution in [0.15, 0.2) is 140 Å². The Morgan fingerprint density at radius 1 is 0.518 bits per heavy atom. The molecule has 1 aromatic heterocycles. The van der Waals surface area contributed by atoms with Gasteiger partial charge in [-0.3, -0.25) is 71.5 Å². The summed E-state index contributed by atoms with van der Waals surface area (Å²) < 4.78 is 12.4. The number of amides is 13. The number of nitrogens with one attached hydrogen (secondary N) is 12. The molecule has 0 saturated carbocycles. The third-order valence-electron chi connectivity index (χ3n) is 18.4. The summed E-state index contributed by atoms with van der Waals surface area (Å²) in [5, 5.41) is 44.6. The zero-order valence-corrected chi connectivity index (χ0v) is 65.6. The number of nitrogens with two attached hydrogens (primary N) is 1. The number of primary amides is 1. The van der Waals surface area contributed by atoms with E-state index in [0.29, 0.717) is 70.0 Å². The standard InChI is InChI=1S/C80H102ClN15O15S/c1-46(2)37-62(71(102)88-61(18-11-12-35-84-47(3)4)80(110)96-36-14-19-69(96)78(109)95-79(70(82)101)112(8)111)89-73(104)65(40-52-23-30-59(31-24-52)85-48(5)98)91-75(106)66(41-53-25-32-60(33-26-53)86-49(6)99)93-77(108)68(45-97)94-76(107)67(43-55-15-13-34-83-44-55)92-74(105)64(39-51-21-28-58(81)29-22-51)90-72(103)63(87-50(7)100)42-54-20-27-56-16-9-10-17-57(56)38-54/h9-10,13,15-17,20-34,38,44,46-47,61-69,79,84,97H,11-12,14,18-19,35-37,39-43,45H2,1-8H3,(H2,82,101)(H,85,98)(H,86,99)(H,87,100)(H,88,102)(H,89,104)(H,90,103)(H,91,106)(H,92,105)(H,93,108)(H,94,107)(H,95,109)/t61-,62-,63+,64+,65+,66-,67+,68-,69-,79+,112?/m0/s1. The van der Waals surface area contributed by atoms with Gasteiger partial charge in [-0.25, -0.2) is 0 Å². The third-order valence-corrected chi connectivity index (χ3v) is 19.6. The Morgan fingerprint density at radius 2 is 0.964 bits per heavy atom. The molecule has 5 aromatic carbocycles. The number of halogens is 1. The summed E-state index contributed by atoms with van der Waals surface area (Å²) in [5.41, 5.74) is 8.74. The van der Waals surface area contributed by atoms with E-state index in [1.807, 2.05) is 56.3 Å². The second kappa shape index (κ2) is 43.5. The van der Waals surface area contributed by atoms with Crippen molar-refractivity contribution in [2.45, 2.75) is 185 Å². The van der Waals surface area contributed by atoms with Crippen molar-refractivity contribution in [2.24, 2.45) is 11.7 Å². The largest absolute Gasteiger partial charge is 0.394 e. The van der Waals surface area contributed by atoms with E-state index < -0.39 is 142 Å². The summed E-state index contributed by atoms with van der Waals surface area (Å²) in [5.74, 6) is -10.5. The van der Waals surface area contributed by atoms with E-state index in [4.69, 9.17) is 17.3 Å². The number of nitrogens with zero attached hydrogens (tertiary/aromatic N) is 2. The lowest BCUT2D eigenvalue weighted by atomic mass is 9.99. The maximum atomic E-state index is 15.3. The molecule has 2 heterocycles. The van der Waals surface area contributed by atoms with E-state index in [1.54, 1.807) is 98.8 Å². The minimum absolute atomic E-state index is 0.0112. The van der Waals surface area contributed by atoms with Crippen molar-refractivity contribution in [1.82, 2.24) is 63.1 Å². The van der Waals surface area contributed by atoms with Gasteiger partial charge in [0.1, 0.15) is 54.4 Å². The van der Waals surface area contributed by atoms with Crippen LogP contribution in [0.3, 0.4) is 0 Å². The van der Waals surface area contributed by atoms with Gasteiger partial charge in [-0.05, 0) is 132 Å². The molecule has 15 N–H and O–H groups in total. The first-order valence-electron chi connectivity index (χ1n) is 37.1. The average molecular weight is 1580 g/mol. The molecule has 600 valence electrons. The number of anilines is 2. The molecule has 0 aliphatic carbocycles. The first-order chi connectivity index (χ1) is 53.3. The zero-order valence-electron chi connectivity index (χ0n) is 64.0. The first kappa shape index (κ1) is 88.2. The Morgan fingerprint density at radius 3 is 1.43 bits per heavy atom. The van der Waals surface area contributed by atoms with Crippen molar-refractivity contribution < 1.29 is 71.6 Å². The highest BCUT2D eigenvalue weighted by Crippen LogP contribution is 2.23. The van der Waals surface area contributed by atoms with E-state index >= 15 is 9.59 Å². The van der Waals surface area contributed by atoms with E-state index in [0.717, 1.165) is 10.8 Å². The SMILES string of the molecule is CC(=O)Nc1ccc(C[C@H](NC(=O)[C@H](CO)NC(=O)[C@@H](Cc2cccnc2)NC(=O)[C@@H](Cc2ccc(Cl)cc2)NC(=O)[C@@H](Cc2ccc3ccccc3c2)NC(C)=O)C(=O)N[C@H](Cc2ccc(NC(C)=O)cc2)C(=O)N[C@@H](CC(C)C)C(=O)N[C@@H](CCCCNC(C)C)C(=O)N2CCC[C@H]2C(=O)N[C@@H](C(N)=O)S(C)=O)cc1. The quantitative estimate of drug-likeness (QED) is 0.0245. The van der Waals surface area contributed by atoms with Gasteiger partial charge in [0.15, 0.2) is 5.37 Å². The first-order valence-corrected chi connectivity index (χ1v) is 39.1. The summed E-state index contributed by atoms with van der Waals surface area (Å²) in [6.45, 7) is 11.0. The van der Waals surface area contributed by atoms with E-state index in [-0.39, 0.29) is 81.7 Å². The van der Waals surface area contributed by atoms with Crippen molar-refractivity contribution in [3.8, 4) is 0 Å². The number of unbranched alkanes of at least 4 members (excludes halogenated alkanes) is 1. The normalized spacial score (nSPS) is 15.2. The average Bonchev–Trinajstić information content (AvgIpc) is 1.84. The zero-order chi connectivity index (χ0) is 81.7. The van der Waals surface area contributed by atoms with Crippen LogP contribution in [0.5, 0.6) is 0 Å². The molecule has 0 radical (unpaired) electrons. The Hall–Kier alpha value is -11.0. The van der Waals surface area contributed by atoms with E-state index in [1.165, 1.54) is 44.3 Å². The maximum absolute atomic E-state index is 15.3. The third kappa shape index (κ3) is 28.4. The summed E-state index contributed by atoms with van der Waals surface area (Å²) in [4.78, 5) is 188. The number of aliphatic hydroxyl groups excluding tert-OH is 1. The summed E-state index contributed by atoms with van der Waals surface area (Å²) in [6.07, 6.45) is 4.73. The van der Waals surface area contributed by atoms with Crippen molar-refractivity contribution in [1.29, 1.82) is 0 Å². The van der Waals surface area contributed by atoms with Crippen LogP contribution >= 0.6 is 11.6 Å². The van der Waals surface area contributed by atoms with Gasteiger partial charge in [-0.2, -0.15) is 0 Å². The topological polar surface area (TPSA) is 446 Å². The molecule has 13 amide bonds. The Kier molecular flexibility index (Phi) is 34.3. The van der Waals surface area contributed by atoms with Gasteiger partial charge >= 0.3 is 0 Å². The van der Waals surface area contributed by atoms with Crippen LogP contribution in [0.25, 0.3) is 10.8 Å². The number of carbonyl (C=O) groups excluding carboxylic acids is 13. The van der Waals surface area contributed by atoms with Gasteiger partial charge in [0.25, 0.3) is 5.91 Å². The molecule has 6 aromatic rings. The number of carbonyl (C=O) groups is 13. The van der Waals surface area contributed by atoms with Crippen LogP contribution in [0.2, 0.25) is 5.02 Å². The molecule has 11 atom stereocenters. The van der Waals surface area contributed by atoms with Crippen molar-refractivity contribution >= 4 is 121 Å². The fraction of sp³-hybridized carbons (Fsp3) is 0.425. The Labute approximate surface area is 658 Å². The Balaban J connectivity index is 1.18. The number of fused-ring (bicyclic) bond motifs is 1. The van der Waals surface area contributed by atoms with Crippen molar-refractivity contribution in [3.05, 3.63) is 173 Å². The van der Waals surface area contributed by atoms with Crippen LogP contribution in [0, 0.1) is 5.92 Å². The summed E-state index contributed by atoms with van der Waals surface area (Å²) in [7, 11) is -1.90. The smallest absolute Gasteiger partial charge is 0.253 e. The van der Waals surface area contributed by atoms with Crippen LogP contribution < -0.4 is 69.5 Å². The highest BCUT2D eigenvalue weighted by Gasteiger charge is 2.41. The second-order valence-electron chi connectivity index (χ2n) is 28.5. The van der Waals surface area contributed by atoms with Crippen LogP contribution in [-0.2, 0) is 105 Å². The van der Waals surface area contributed by atoms with Gasteiger partial charge in [0.2, 0.25) is 70.9 Å². The maximum Gasteiger partial charge on any atom is 0.253 e. The summed E-state index contributed by atoms with van der Waals surface area (Å²) >= 11 is 6.26. The molecule has 1 fully saturated rings. The number of benzene rings is 5. The van der Waals surface area contributed by atoms with Gasteiger partial charge in [-0.1, -0.05) is 124 Å². The number of hydrogen-bond acceptors (Lipinski definition) is 17. The fourth-order valence-corrected chi connectivity index (χ4v) is 13.5. The predicted octanol–water partition coefficient (Wildman–Crippen LogP) is 2.72. The lowest BCUT2D eigenvalue weighted by Crippen LogP contribution is -2.62. The number of rotatable bonds is 41. The number of aliphatic hydroxyl groups is 1. The van der Waals surface area contributed by atoms with Gasteiger partial charge in [0, 0.05) is 101 Å². The van der Waals surface area contributed by atoms with Crippen LogP contribution in [-0.4, -0.2) is 188 Å². The lowest BCUT2D eigenvalue weighted by molar-refractivity contribution is -0.142. The molecule has 1 saturated heterocycles. The molecule has 112 heavy (non-hydrogen) atoms. The lowest BCUT2D eigenvalue weighted by Gasteiger charge is -2.31. The monoisotopic (exact) mass is 1580 g/mol. The molecule has 1 unspecified atom stereocenters. The highest BCUT2D eigenvalue weighted by molar-refractivity contribution is 7.85. The molecular weight excluding hydrogens is 1480 g/mol. The molecule has 0 spiro atoms. The molecule has 1 aliphatic heterocycles. The van der Waals surface area contributed by atoms with Gasteiger partial charge in [0.05, 0.1) is 17.4 Å². The minimum Gasteiger partial charge on any atom is -0.394 e. The van der Waals surface area contributed by atoms with Crippen LogP contribution in [0.1, 0.15) is 115 Å². The van der Waals surface area contributed by atoms with Crippen LogP contribution in [0.4, 0.5) is 11.4 Å². The van der Waals surface area contributed by atoms with Gasteiger partial charge in [-0.15, -0.1) is 0 Å². The van der Waals surface area contributed by atoms with E-state index in [9.17, 15) is 62.1 Å². The second-order valence-corrected chi connectivity index (χ2v) is 30.4. The predicted molar refractivity (Wildman–Crippen MR) is 424 cm³/mol. The molecule has 32 heteroatoms. The molecule has 30 nitrogen and oxygen atoms in total. The number of aromatic nitrogens is 1. The number of hydrogen-bond donors (Lipinski definition) is 14. The minimum atomic E-state index is -1.90.